The summed E-state index contributed by atoms with van der Waals surface area (Å²) < 4.78 is 26.8. The lowest BCUT2D eigenvalue weighted by Crippen LogP contribution is -2.27. The van der Waals surface area contributed by atoms with Gasteiger partial charge in [-0.1, -0.05) is 12.1 Å². The number of nitrogens with one attached hydrogen (secondary N) is 1. The molecular formula is C19H24N2O3S2. The maximum atomic E-state index is 12.8. The molecule has 0 radical (unpaired) electrons. The highest BCUT2D eigenvalue weighted by Crippen LogP contribution is 2.22. The Morgan fingerprint density at radius 3 is 2.31 bits per heavy atom. The number of hydrogen-bond acceptors (Lipinski definition) is 4. The third-order valence-corrected chi connectivity index (χ3v) is 6.63. The van der Waals surface area contributed by atoms with E-state index in [1.54, 1.807) is 36.7 Å². The number of aryl methyl sites for hydroxylation is 1. The Balaban J connectivity index is 2.30. The van der Waals surface area contributed by atoms with E-state index < -0.39 is 10.0 Å². The first kappa shape index (κ1) is 20.5. The van der Waals surface area contributed by atoms with Crippen molar-refractivity contribution in [1.82, 2.24) is 9.62 Å². The maximum absolute atomic E-state index is 12.8. The van der Waals surface area contributed by atoms with Crippen LogP contribution in [0.1, 0.15) is 27.0 Å². The molecule has 0 aliphatic rings. The van der Waals surface area contributed by atoms with Gasteiger partial charge in [-0.3, -0.25) is 4.79 Å². The predicted octanol–water partition coefficient (Wildman–Crippen LogP) is 3.21. The Bertz CT molecular complexity index is 907. The van der Waals surface area contributed by atoms with Crippen molar-refractivity contribution >= 4 is 27.7 Å². The van der Waals surface area contributed by atoms with E-state index in [-0.39, 0.29) is 10.8 Å². The Morgan fingerprint density at radius 1 is 1.15 bits per heavy atom. The van der Waals surface area contributed by atoms with Gasteiger partial charge in [0.05, 0.1) is 4.90 Å². The smallest absolute Gasteiger partial charge is 0.253 e. The molecule has 0 saturated carbocycles. The largest absolute Gasteiger partial charge is 0.337 e. The first-order chi connectivity index (χ1) is 12.2. The number of carbonyl (C=O) groups is 1. The first-order valence-corrected chi connectivity index (χ1v) is 10.8. The molecule has 0 saturated heterocycles. The van der Waals surface area contributed by atoms with E-state index in [9.17, 15) is 13.2 Å². The van der Waals surface area contributed by atoms with Crippen molar-refractivity contribution in [3.8, 4) is 0 Å². The summed E-state index contributed by atoms with van der Waals surface area (Å²) in [7, 11) is -0.544. The van der Waals surface area contributed by atoms with E-state index in [0.717, 1.165) is 11.1 Å². The van der Waals surface area contributed by atoms with Crippen molar-refractivity contribution in [3.05, 3.63) is 58.7 Å². The first-order valence-electron chi connectivity index (χ1n) is 8.12. The number of thioether (sulfide) groups is 1. The van der Waals surface area contributed by atoms with Gasteiger partial charge < -0.3 is 4.90 Å². The summed E-state index contributed by atoms with van der Waals surface area (Å²) in [6.07, 6.45) is 2.02. The highest BCUT2D eigenvalue weighted by atomic mass is 32.2. The molecule has 0 bridgehead atoms. The molecule has 5 nitrogen and oxygen atoms in total. The van der Waals surface area contributed by atoms with Gasteiger partial charge in [0, 0.05) is 24.1 Å². The van der Waals surface area contributed by atoms with Crippen LogP contribution in [-0.4, -0.2) is 39.6 Å². The molecule has 26 heavy (non-hydrogen) atoms. The van der Waals surface area contributed by atoms with Crippen LogP contribution < -0.4 is 4.72 Å². The van der Waals surface area contributed by atoms with E-state index in [1.807, 2.05) is 37.4 Å². The monoisotopic (exact) mass is 392 g/mol. The Morgan fingerprint density at radius 2 is 1.77 bits per heavy atom. The number of nitrogens with zero attached hydrogens (tertiary/aromatic N) is 1. The van der Waals surface area contributed by atoms with Gasteiger partial charge in [0.2, 0.25) is 10.0 Å². The topological polar surface area (TPSA) is 66.5 Å². The zero-order valence-corrected chi connectivity index (χ0v) is 17.3. The zero-order valence-electron chi connectivity index (χ0n) is 15.7. The lowest BCUT2D eigenvalue weighted by atomic mass is 10.1. The molecule has 2 aromatic carbocycles. The third-order valence-electron chi connectivity index (χ3n) is 4.35. The summed E-state index contributed by atoms with van der Waals surface area (Å²) in [4.78, 5) is 15.7. The van der Waals surface area contributed by atoms with Crippen LogP contribution in [0.15, 0.2) is 46.2 Å². The summed E-state index contributed by atoms with van der Waals surface area (Å²) in [5.74, 6) is -0.213. The molecule has 0 aromatic heterocycles. The van der Waals surface area contributed by atoms with E-state index in [2.05, 4.69) is 4.72 Å². The SMILES string of the molecule is CNS(=O)(=O)c1cc(C(=O)N(C)Cc2ccc(SC)cc2)cc(C)c1C. The van der Waals surface area contributed by atoms with Crippen LogP contribution in [0.3, 0.4) is 0 Å². The molecule has 140 valence electrons. The van der Waals surface area contributed by atoms with Gasteiger partial charge in [0.1, 0.15) is 0 Å². The maximum Gasteiger partial charge on any atom is 0.253 e. The summed E-state index contributed by atoms with van der Waals surface area (Å²) >= 11 is 1.67. The van der Waals surface area contributed by atoms with Crippen LogP contribution in [0.2, 0.25) is 0 Å². The number of benzene rings is 2. The minimum atomic E-state index is -3.62. The molecule has 2 aromatic rings. The van der Waals surface area contributed by atoms with Crippen molar-refractivity contribution in [3.63, 3.8) is 0 Å². The predicted molar refractivity (Wildman–Crippen MR) is 106 cm³/mol. The van der Waals surface area contributed by atoms with Gasteiger partial charge in [-0.05, 0) is 68.1 Å². The van der Waals surface area contributed by atoms with Crippen LogP contribution in [-0.2, 0) is 16.6 Å². The Labute approximate surface area is 159 Å². The number of rotatable bonds is 6. The highest BCUT2D eigenvalue weighted by Gasteiger charge is 2.21. The van der Waals surface area contributed by atoms with E-state index in [4.69, 9.17) is 0 Å². The summed E-state index contributed by atoms with van der Waals surface area (Å²) in [5, 5.41) is 0. The molecule has 0 atom stereocenters. The van der Waals surface area contributed by atoms with Crippen molar-refractivity contribution in [1.29, 1.82) is 0 Å². The van der Waals surface area contributed by atoms with Crippen molar-refractivity contribution in [2.75, 3.05) is 20.4 Å². The Hall–Kier alpha value is -1.83. The summed E-state index contributed by atoms with van der Waals surface area (Å²) in [6, 6.07) is 11.2. The lowest BCUT2D eigenvalue weighted by Gasteiger charge is -2.19. The standard InChI is InChI=1S/C19H24N2O3S2/c1-13-10-16(11-18(14(13)2)26(23,24)20-3)19(22)21(4)12-15-6-8-17(25-5)9-7-15/h6-11,20H,12H2,1-5H3. The minimum absolute atomic E-state index is 0.140. The highest BCUT2D eigenvalue weighted by molar-refractivity contribution is 7.98. The van der Waals surface area contributed by atoms with Crippen LogP contribution in [0, 0.1) is 13.8 Å². The van der Waals surface area contributed by atoms with E-state index in [1.165, 1.54) is 18.0 Å². The minimum Gasteiger partial charge on any atom is -0.337 e. The molecule has 0 spiro atoms. The average molecular weight is 393 g/mol. The van der Waals surface area contributed by atoms with Gasteiger partial charge in [-0.25, -0.2) is 13.1 Å². The molecule has 1 N–H and O–H groups in total. The molecule has 0 unspecified atom stereocenters. The van der Waals surface area contributed by atoms with E-state index in [0.29, 0.717) is 17.7 Å². The fourth-order valence-corrected chi connectivity index (χ4v) is 4.11. The van der Waals surface area contributed by atoms with Crippen LogP contribution in [0.25, 0.3) is 0 Å². The zero-order chi connectivity index (χ0) is 19.5. The van der Waals surface area contributed by atoms with E-state index >= 15 is 0 Å². The number of carbonyl (C=O) groups excluding carboxylic acids is 1. The normalized spacial score (nSPS) is 11.4. The fourth-order valence-electron chi connectivity index (χ4n) is 2.64. The molecule has 1 amide bonds. The molecule has 0 aliphatic heterocycles. The second kappa shape index (κ2) is 8.24. The molecule has 0 fully saturated rings. The number of amides is 1. The Kier molecular flexibility index (Phi) is 6.49. The van der Waals surface area contributed by atoms with Gasteiger partial charge >= 0.3 is 0 Å². The quantitative estimate of drug-likeness (QED) is 0.767. The van der Waals surface area contributed by atoms with Crippen molar-refractivity contribution < 1.29 is 13.2 Å². The summed E-state index contributed by atoms with van der Waals surface area (Å²) in [6.45, 7) is 4.00. The molecular weight excluding hydrogens is 368 g/mol. The number of hydrogen-bond donors (Lipinski definition) is 1. The lowest BCUT2D eigenvalue weighted by molar-refractivity contribution is 0.0784. The molecule has 0 aliphatic carbocycles. The fraction of sp³-hybridized carbons (Fsp3) is 0.316. The van der Waals surface area contributed by atoms with Crippen LogP contribution in [0.4, 0.5) is 0 Å². The summed E-state index contributed by atoms with van der Waals surface area (Å²) in [5.41, 5.74) is 2.80. The second-order valence-corrected chi connectivity index (χ2v) is 8.87. The third kappa shape index (κ3) is 4.47. The second-order valence-electron chi connectivity index (χ2n) is 6.13. The average Bonchev–Trinajstić information content (AvgIpc) is 2.63. The van der Waals surface area contributed by atoms with Crippen LogP contribution >= 0.6 is 11.8 Å². The van der Waals surface area contributed by atoms with Gasteiger partial charge in [0.15, 0.2) is 0 Å². The van der Waals surface area contributed by atoms with Gasteiger partial charge in [-0.15, -0.1) is 11.8 Å². The van der Waals surface area contributed by atoms with Gasteiger partial charge in [-0.2, -0.15) is 0 Å². The van der Waals surface area contributed by atoms with Gasteiger partial charge in [0.25, 0.3) is 5.91 Å². The van der Waals surface area contributed by atoms with Crippen molar-refractivity contribution in [2.24, 2.45) is 0 Å². The molecule has 2 rings (SSSR count). The molecule has 0 heterocycles. The van der Waals surface area contributed by atoms with Crippen LogP contribution in [0.5, 0.6) is 0 Å². The molecule has 7 heteroatoms. The van der Waals surface area contributed by atoms with Crippen molar-refractivity contribution in [2.45, 2.75) is 30.2 Å². The number of sulfonamides is 1.